The van der Waals surface area contributed by atoms with Crippen molar-refractivity contribution in [2.24, 2.45) is 5.73 Å². The van der Waals surface area contributed by atoms with Gasteiger partial charge in [-0.15, -0.1) is 0 Å². The summed E-state index contributed by atoms with van der Waals surface area (Å²) in [5.74, 6) is 0.981. The molecule has 2 atom stereocenters. The molecule has 0 aromatic heterocycles. The van der Waals surface area contributed by atoms with Gasteiger partial charge < -0.3 is 10.5 Å². The van der Waals surface area contributed by atoms with Crippen molar-refractivity contribution >= 4 is 0 Å². The second-order valence-corrected chi connectivity index (χ2v) is 4.02. The second-order valence-electron chi connectivity index (χ2n) is 4.02. The Hall–Kier alpha value is -1.02. The molecule has 0 saturated heterocycles. The minimum Gasteiger partial charge on any atom is -0.489 e. The molecule has 14 heavy (non-hydrogen) atoms. The highest BCUT2D eigenvalue weighted by molar-refractivity contribution is 5.32. The highest BCUT2D eigenvalue weighted by atomic mass is 16.5. The third-order valence-corrected chi connectivity index (χ3v) is 2.88. The van der Waals surface area contributed by atoms with E-state index in [1.807, 2.05) is 18.2 Å². The molecular weight excluding hydrogens is 174 g/mol. The zero-order valence-corrected chi connectivity index (χ0v) is 8.57. The van der Waals surface area contributed by atoms with Crippen molar-refractivity contribution in [3.05, 3.63) is 29.8 Å². The number of hydrogen-bond acceptors (Lipinski definition) is 2. The number of aryl methyl sites for hydroxylation is 1. The number of rotatable bonds is 2. The summed E-state index contributed by atoms with van der Waals surface area (Å²) in [6.45, 7) is 2.07. The van der Waals surface area contributed by atoms with E-state index in [-0.39, 0.29) is 12.1 Å². The molecule has 1 aliphatic rings. The van der Waals surface area contributed by atoms with Gasteiger partial charge in [-0.25, -0.2) is 0 Å². The first-order chi connectivity index (χ1) is 6.77. The first-order valence-electron chi connectivity index (χ1n) is 5.25. The zero-order chi connectivity index (χ0) is 9.97. The molecule has 1 aromatic rings. The highest BCUT2D eigenvalue weighted by Crippen LogP contribution is 2.25. The fourth-order valence-corrected chi connectivity index (χ4v) is 1.95. The molecule has 0 radical (unpaired) electrons. The SMILES string of the molecule is Cc1ccccc1O[C@H]1CCC[C@@H]1N. The van der Waals surface area contributed by atoms with Gasteiger partial charge in [0.25, 0.3) is 0 Å². The summed E-state index contributed by atoms with van der Waals surface area (Å²) >= 11 is 0. The Morgan fingerprint density at radius 3 is 2.71 bits per heavy atom. The standard InChI is InChI=1S/C12H17NO/c1-9-5-2-3-7-11(9)14-12-8-4-6-10(12)13/h2-3,5,7,10,12H,4,6,8,13H2,1H3/t10-,12-/m0/s1. The molecule has 0 spiro atoms. The van der Waals surface area contributed by atoms with Crippen molar-refractivity contribution in [2.75, 3.05) is 0 Å². The first-order valence-corrected chi connectivity index (χ1v) is 5.25. The molecule has 0 bridgehead atoms. The molecule has 76 valence electrons. The Kier molecular flexibility index (Phi) is 2.73. The van der Waals surface area contributed by atoms with Gasteiger partial charge in [-0.05, 0) is 37.8 Å². The molecule has 0 unspecified atom stereocenters. The van der Waals surface area contributed by atoms with E-state index in [1.54, 1.807) is 0 Å². The molecule has 2 heteroatoms. The van der Waals surface area contributed by atoms with Crippen LogP contribution in [0.4, 0.5) is 0 Å². The van der Waals surface area contributed by atoms with E-state index < -0.39 is 0 Å². The lowest BCUT2D eigenvalue weighted by Gasteiger charge is -2.19. The van der Waals surface area contributed by atoms with Crippen molar-refractivity contribution in [3.8, 4) is 5.75 Å². The van der Waals surface area contributed by atoms with E-state index >= 15 is 0 Å². The number of benzene rings is 1. The summed E-state index contributed by atoms with van der Waals surface area (Å²) in [7, 11) is 0. The Bertz CT molecular complexity index is 311. The van der Waals surface area contributed by atoms with E-state index in [0.29, 0.717) is 0 Å². The summed E-state index contributed by atoms with van der Waals surface area (Å²) in [6, 6.07) is 8.32. The van der Waals surface area contributed by atoms with Gasteiger partial charge in [0, 0.05) is 6.04 Å². The van der Waals surface area contributed by atoms with Crippen LogP contribution in [0.25, 0.3) is 0 Å². The Morgan fingerprint density at radius 1 is 1.29 bits per heavy atom. The van der Waals surface area contributed by atoms with Gasteiger partial charge in [-0.2, -0.15) is 0 Å². The number of ether oxygens (including phenoxy) is 1. The van der Waals surface area contributed by atoms with Crippen molar-refractivity contribution in [2.45, 2.75) is 38.3 Å². The van der Waals surface area contributed by atoms with Crippen LogP contribution in [0.1, 0.15) is 24.8 Å². The predicted molar refractivity (Wildman–Crippen MR) is 57.4 cm³/mol. The molecule has 0 heterocycles. The molecule has 2 N–H and O–H groups in total. The quantitative estimate of drug-likeness (QED) is 0.778. The predicted octanol–water partition coefficient (Wildman–Crippen LogP) is 2.25. The fraction of sp³-hybridized carbons (Fsp3) is 0.500. The molecule has 1 aliphatic carbocycles. The van der Waals surface area contributed by atoms with Gasteiger partial charge >= 0.3 is 0 Å². The van der Waals surface area contributed by atoms with E-state index in [4.69, 9.17) is 10.5 Å². The van der Waals surface area contributed by atoms with Crippen LogP contribution in [-0.2, 0) is 0 Å². The van der Waals surface area contributed by atoms with E-state index in [0.717, 1.165) is 18.6 Å². The topological polar surface area (TPSA) is 35.2 Å². The third-order valence-electron chi connectivity index (χ3n) is 2.88. The van der Waals surface area contributed by atoms with Gasteiger partial charge in [0.05, 0.1) is 0 Å². The van der Waals surface area contributed by atoms with E-state index in [9.17, 15) is 0 Å². The first kappa shape index (κ1) is 9.53. The summed E-state index contributed by atoms with van der Waals surface area (Å²) in [4.78, 5) is 0. The Labute approximate surface area is 85.1 Å². The van der Waals surface area contributed by atoms with Crippen LogP contribution >= 0.6 is 0 Å². The van der Waals surface area contributed by atoms with Crippen LogP contribution < -0.4 is 10.5 Å². The van der Waals surface area contributed by atoms with E-state index in [1.165, 1.54) is 12.0 Å². The van der Waals surface area contributed by atoms with Crippen LogP contribution in [0.15, 0.2) is 24.3 Å². The minimum absolute atomic E-state index is 0.217. The van der Waals surface area contributed by atoms with Gasteiger partial charge in [0.2, 0.25) is 0 Å². The van der Waals surface area contributed by atoms with Crippen molar-refractivity contribution in [1.82, 2.24) is 0 Å². The fourth-order valence-electron chi connectivity index (χ4n) is 1.95. The zero-order valence-electron chi connectivity index (χ0n) is 8.57. The van der Waals surface area contributed by atoms with Crippen molar-refractivity contribution in [3.63, 3.8) is 0 Å². The molecule has 1 fully saturated rings. The molecule has 1 aromatic carbocycles. The molecule has 2 nitrogen and oxygen atoms in total. The smallest absolute Gasteiger partial charge is 0.122 e. The van der Waals surface area contributed by atoms with Crippen molar-refractivity contribution in [1.29, 1.82) is 0 Å². The van der Waals surface area contributed by atoms with Gasteiger partial charge in [0.15, 0.2) is 0 Å². The third kappa shape index (κ3) is 1.90. The van der Waals surface area contributed by atoms with Crippen molar-refractivity contribution < 1.29 is 4.74 Å². The maximum absolute atomic E-state index is 5.95. The summed E-state index contributed by atoms with van der Waals surface area (Å²) in [5, 5.41) is 0. The van der Waals surface area contributed by atoms with Crippen LogP contribution in [-0.4, -0.2) is 12.1 Å². The van der Waals surface area contributed by atoms with E-state index in [2.05, 4.69) is 13.0 Å². The maximum Gasteiger partial charge on any atom is 0.122 e. The van der Waals surface area contributed by atoms with Gasteiger partial charge in [0.1, 0.15) is 11.9 Å². The Balaban J connectivity index is 2.07. The monoisotopic (exact) mass is 191 g/mol. The lowest BCUT2D eigenvalue weighted by atomic mass is 10.2. The molecule has 0 amide bonds. The lowest BCUT2D eigenvalue weighted by molar-refractivity contribution is 0.190. The van der Waals surface area contributed by atoms with Crippen LogP contribution in [0.5, 0.6) is 5.75 Å². The second kappa shape index (κ2) is 4.01. The normalized spacial score (nSPS) is 26.4. The van der Waals surface area contributed by atoms with Crippen LogP contribution in [0, 0.1) is 6.92 Å². The van der Waals surface area contributed by atoms with Crippen LogP contribution in [0.3, 0.4) is 0 Å². The Morgan fingerprint density at radius 2 is 2.07 bits per heavy atom. The molecule has 2 rings (SSSR count). The number of para-hydroxylation sites is 1. The maximum atomic E-state index is 5.95. The van der Waals surface area contributed by atoms with Gasteiger partial charge in [-0.1, -0.05) is 18.2 Å². The highest BCUT2D eigenvalue weighted by Gasteiger charge is 2.25. The number of nitrogens with two attached hydrogens (primary N) is 1. The minimum atomic E-state index is 0.217. The average Bonchev–Trinajstić information content (AvgIpc) is 2.56. The largest absolute Gasteiger partial charge is 0.489 e. The lowest BCUT2D eigenvalue weighted by Crippen LogP contribution is -2.33. The summed E-state index contributed by atoms with van der Waals surface area (Å²) in [6.07, 6.45) is 3.60. The molecule has 1 saturated carbocycles. The van der Waals surface area contributed by atoms with Gasteiger partial charge in [-0.3, -0.25) is 0 Å². The summed E-state index contributed by atoms with van der Waals surface area (Å²) < 4.78 is 5.89. The number of hydrogen-bond donors (Lipinski definition) is 1. The van der Waals surface area contributed by atoms with Crippen LogP contribution in [0.2, 0.25) is 0 Å². The average molecular weight is 191 g/mol. The summed E-state index contributed by atoms with van der Waals surface area (Å²) in [5.41, 5.74) is 7.14. The molecular formula is C12H17NO. The molecule has 0 aliphatic heterocycles.